The number of phenols is 2. The number of rotatable bonds is 1. The van der Waals surface area contributed by atoms with Crippen LogP contribution in [0, 0.1) is 6.57 Å². The van der Waals surface area contributed by atoms with Gasteiger partial charge in [-0.3, -0.25) is 4.79 Å². The van der Waals surface area contributed by atoms with Crippen LogP contribution in [0.2, 0.25) is 0 Å². The van der Waals surface area contributed by atoms with Gasteiger partial charge in [-0.25, -0.2) is 4.85 Å². The molecule has 0 saturated carbocycles. The maximum Gasteiger partial charge on any atom is 0.337 e. The average molecular weight is 470 g/mol. The van der Waals surface area contributed by atoms with E-state index in [1.54, 1.807) is 0 Å². The van der Waals surface area contributed by atoms with Gasteiger partial charge in [0.15, 0.2) is 0 Å². The third kappa shape index (κ3) is 1.93. The van der Waals surface area contributed by atoms with Gasteiger partial charge in [0.05, 0.1) is 27.7 Å². The van der Waals surface area contributed by atoms with Gasteiger partial charge in [-0.15, -0.1) is 0 Å². The smallest absolute Gasteiger partial charge is 0.337 e. The summed E-state index contributed by atoms with van der Waals surface area (Å²) in [5, 5.41) is 23.1. The van der Waals surface area contributed by atoms with Crippen molar-refractivity contribution in [1.29, 1.82) is 0 Å². The Bertz CT molecular complexity index is 1440. The molecule has 0 fully saturated rings. The second-order valence-corrected chi connectivity index (χ2v) is 10.8. The predicted molar refractivity (Wildman–Crippen MR) is 124 cm³/mol. The van der Waals surface area contributed by atoms with E-state index in [1.807, 2.05) is 24.3 Å². The Balaban J connectivity index is 1.50. The molecule has 0 aromatic heterocycles. The van der Waals surface area contributed by atoms with Gasteiger partial charge in [0.1, 0.15) is 11.5 Å². The number of phenolic OH excluding ortho intramolecular Hbond substituents is 2. The van der Waals surface area contributed by atoms with Crippen LogP contribution in [0.1, 0.15) is 45.2 Å². The van der Waals surface area contributed by atoms with Crippen LogP contribution in [0.3, 0.4) is 0 Å². The molecule has 3 atom stereocenters. The molecule has 33 heavy (non-hydrogen) atoms. The minimum Gasteiger partial charge on any atom is -0.506 e. The molecule has 0 saturated heterocycles. The molecule has 1 aliphatic heterocycles. The number of thioether (sulfide) groups is 2. The first kappa shape index (κ1) is 19.2. The number of carbonyl (C=O) groups excluding carboxylic acids is 1. The van der Waals surface area contributed by atoms with Crippen LogP contribution in [0.5, 0.6) is 11.5 Å². The van der Waals surface area contributed by atoms with Crippen LogP contribution in [-0.2, 0) is 14.9 Å². The van der Waals surface area contributed by atoms with E-state index in [0.717, 1.165) is 34.7 Å². The first-order valence-electron chi connectivity index (χ1n) is 10.4. The number of esters is 1. The van der Waals surface area contributed by atoms with E-state index < -0.39 is 5.97 Å². The Kier molecular flexibility index (Phi) is 3.58. The van der Waals surface area contributed by atoms with Crippen molar-refractivity contribution in [2.24, 2.45) is 0 Å². The largest absolute Gasteiger partial charge is 0.506 e. The number of benzene rings is 3. The maximum atomic E-state index is 12.1. The van der Waals surface area contributed by atoms with Gasteiger partial charge in [-0.1, -0.05) is 72.1 Å². The number of hydrogen-bond acceptors (Lipinski definition) is 6. The number of fused-ring (bicyclic) bond motifs is 8. The summed E-state index contributed by atoms with van der Waals surface area (Å²) in [6, 6.07) is 16.6. The molecule has 1 spiro atoms. The number of ether oxygens (including phenoxy) is 1. The zero-order chi connectivity index (χ0) is 22.6. The number of methoxy groups -OCH3 is 1. The number of carbonyl (C=O) groups is 1. The van der Waals surface area contributed by atoms with Crippen molar-refractivity contribution in [2.45, 2.75) is 27.0 Å². The van der Waals surface area contributed by atoms with Crippen LogP contribution in [0.25, 0.3) is 4.85 Å². The molecule has 0 amide bonds. The lowest BCUT2D eigenvalue weighted by Crippen LogP contribution is -2.52. The highest BCUT2D eigenvalue weighted by atomic mass is 32.2. The van der Waals surface area contributed by atoms with Crippen LogP contribution in [-0.4, -0.2) is 23.3 Å². The van der Waals surface area contributed by atoms with Crippen molar-refractivity contribution in [3.8, 4) is 11.5 Å². The maximum absolute atomic E-state index is 12.1. The van der Waals surface area contributed by atoms with Crippen molar-refractivity contribution < 1.29 is 19.7 Å². The molecular weight excluding hydrogens is 454 g/mol. The summed E-state index contributed by atoms with van der Waals surface area (Å²) in [5.74, 6) is -0.532. The quantitative estimate of drug-likeness (QED) is 0.214. The van der Waals surface area contributed by atoms with Gasteiger partial charge in [0, 0.05) is 28.4 Å². The van der Waals surface area contributed by atoms with Gasteiger partial charge >= 0.3 is 5.97 Å². The highest BCUT2D eigenvalue weighted by Crippen LogP contribution is 2.80. The van der Waals surface area contributed by atoms with Crippen LogP contribution in [0.15, 0.2) is 68.3 Å². The van der Waals surface area contributed by atoms with E-state index in [9.17, 15) is 15.0 Å². The van der Waals surface area contributed by atoms with E-state index in [2.05, 4.69) is 29.1 Å². The summed E-state index contributed by atoms with van der Waals surface area (Å²) in [4.78, 5) is 16.4. The van der Waals surface area contributed by atoms with Gasteiger partial charge < -0.3 is 14.9 Å². The van der Waals surface area contributed by atoms with E-state index in [1.165, 1.54) is 29.4 Å². The highest BCUT2D eigenvalue weighted by Gasteiger charge is 2.71. The van der Waals surface area contributed by atoms with E-state index in [-0.39, 0.29) is 34.4 Å². The van der Waals surface area contributed by atoms with Crippen molar-refractivity contribution in [1.82, 2.24) is 0 Å². The second kappa shape index (κ2) is 6.16. The molecule has 0 bridgehead atoms. The normalized spacial score (nSPS) is 25.7. The molecule has 1 unspecified atom stereocenters. The first-order chi connectivity index (χ1) is 16.1. The summed E-state index contributed by atoms with van der Waals surface area (Å²) in [6.07, 6.45) is 0. The summed E-state index contributed by atoms with van der Waals surface area (Å²) in [7, 11) is 1.23. The van der Waals surface area contributed by atoms with Gasteiger partial charge in [-0.05, 0) is 22.3 Å². The minimum absolute atomic E-state index is 0.0423. The Morgan fingerprint density at radius 1 is 0.939 bits per heavy atom. The SMILES string of the molecule is [C-]#[N+]C(C(=O)OC)=C1Sc2c(O)c3c(c(O)c2S1)[C@@H]1c2ccccc2C12c1ccccc1[C@H]32. The molecule has 7 rings (SSSR count). The van der Waals surface area contributed by atoms with Crippen molar-refractivity contribution in [2.75, 3.05) is 7.11 Å². The monoisotopic (exact) mass is 469 g/mol. The molecule has 5 nitrogen and oxygen atoms in total. The van der Waals surface area contributed by atoms with E-state index >= 15 is 0 Å². The van der Waals surface area contributed by atoms with Crippen LogP contribution < -0.4 is 0 Å². The molecule has 7 heteroatoms. The lowest BCUT2D eigenvalue weighted by Gasteiger charge is -2.58. The molecule has 160 valence electrons. The van der Waals surface area contributed by atoms with Crippen LogP contribution in [0.4, 0.5) is 0 Å². The standard InChI is InChI=1S/C26H15NO4S2/c1-27-19(24(30)31-2)25-32-22-20(28)15-16(21(29)23(22)33-25)18-12-8-4-6-10-14(12)26(18)13-9-5-3-7-11(13)17(15)26/h3-10,17-18,28-29H,2H3/t17-,18+,26?. The summed E-state index contributed by atoms with van der Waals surface area (Å²) >= 11 is 2.30. The third-order valence-corrected chi connectivity index (χ3v) is 10.0. The highest BCUT2D eigenvalue weighted by molar-refractivity contribution is 8.24. The number of hydrogen-bond donors (Lipinski definition) is 2. The third-order valence-electron chi connectivity index (χ3n) is 7.43. The molecule has 3 aromatic carbocycles. The molecule has 0 radical (unpaired) electrons. The van der Waals surface area contributed by atoms with Gasteiger partial charge in [0.25, 0.3) is 5.70 Å². The Hall–Kier alpha value is -3.34. The Labute approximate surface area is 197 Å². The Morgan fingerprint density at radius 2 is 1.42 bits per heavy atom. The van der Waals surface area contributed by atoms with E-state index in [0.29, 0.717) is 14.0 Å². The number of nitrogens with zero attached hydrogens (tertiary/aromatic N) is 1. The summed E-state index contributed by atoms with van der Waals surface area (Å²) in [5.41, 5.74) is 6.00. The Morgan fingerprint density at radius 3 is 1.88 bits per heavy atom. The molecule has 3 aliphatic carbocycles. The van der Waals surface area contributed by atoms with Gasteiger partial charge in [0.2, 0.25) is 0 Å². The lowest BCUT2D eigenvalue weighted by molar-refractivity contribution is -0.135. The second-order valence-electron chi connectivity index (χ2n) is 8.54. The number of aromatic hydroxyl groups is 2. The van der Waals surface area contributed by atoms with Crippen molar-refractivity contribution in [3.63, 3.8) is 0 Å². The average Bonchev–Trinajstić information content (AvgIpc) is 3.35. The molecule has 3 aromatic rings. The summed E-state index contributed by atoms with van der Waals surface area (Å²) in [6.45, 7) is 7.42. The van der Waals surface area contributed by atoms with Crippen molar-refractivity contribution in [3.05, 3.63) is 103 Å². The predicted octanol–water partition coefficient (Wildman–Crippen LogP) is 5.45. The fraction of sp³-hybridized carbons (Fsp3) is 0.154. The molecular formula is C26H15NO4S2. The molecule has 1 heterocycles. The fourth-order valence-corrected chi connectivity index (χ4v) is 8.88. The van der Waals surface area contributed by atoms with Gasteiger partial charge in [-0.2, -0.15) is 0 Å². The zero-order valence-electron chi connectivity index (χ0n) is 17.2. The minimum atomic E-state index is -0.723. The molecule has 2 N–H and O–H groups in total. The topological polar surface area (TPSA) is 71.1 Å². The first-order valence-corrected chi connectivity index (χ1v) is 12.0. The van der Waals surface area contributed by atoms with Crippen LogP contribution >= 0.6 is 23.5 Å². The van der Waals surface area contributed by atoms with Crippen molar-refractivity contribution >= 4 is 29.5 Å². The fourth-order valence-electron chi connectivity index (χ4n) is 6.35. The summed E-state index contributed by atoms with van der Waals surface area (Å²) < 4.78 is 5.16. The van der Waals surface area contributed by atoms with E-state index in [4.69, 9.17) is 11.3 Å². The lowest BCUT2D eigenvalue weighted by atomic mass is 9.43. The molecule has 4 aliphatic rings. The zero-order valence-corrected chi connectivity index (χ0v) is 18.9.